The van der Waals surface area contributed by atoms with E-state index in [0.29, 0.717) is 18.2 Å². The van der Waals surface area contributed by atoms with Crippen LogP contribution in [0.3, 0.4) is 0 Å². The smallest absolute Gasteiger partial charge is 0.270 e. The largest absolute Gasteiger partial charge is 0.345 e. The number of carbonyl (C=O) groups excluding carboxylic acids is 2. The van der Waals surface area contributed by atoms with Gasteiger partial charge in [0, 0.05) is 11.8 Å². The molecular formula is C22H29N4O2+. The van der Waals surface area contributed by atoms with Crippen molar-refractivity contribution in [3.63, 3.8) is 0 Å². The first kappa shape index (κ1) is 20.0. The molecule has 1 aliphatic rings. The van der Waals surface area contributed by atoms with Crippen molar-refractivity contribution in [1.82, 2.24) is 15.2 Å². The van der Waals surface area contributed by atoms with Crippen LogP contribution in [-0.4, -0.2) is 61.0 Å². The highest BCUT2D eigenvalue weighted by Gasteiger charge is 2.24. The van der Waals surface area contributed by atoms with E-state index in [0.717, 1.165) is 38.3 Å². The maximum atomic E-state index is 12.7. The number of quaternary nitrogens is 1. The van der Waals surface area contributed by atoms with Gasteiger partial charge in [0.15, 0.2) is 0 Å². The molecule has 0 aliphatic carbocycles. The summed E-state index contributed by atoms with van der Waals surface area (Å²) in [6.07, 6.45) is 1.62. The van der Waals surface area contributed by atoms with Gasteiger partial charge in [0.1, 0.15) is 5.69 Å². The highest BCUT2D eigenvalue weighted by atomic mass is 16.2. The van der Waals surface area contributed by atoms with Gasteiger partial charge in [-0.3, -0.25) is 14.6 Å². The molecule has 2 heterocycles. The quantitative estimate of drug-likeness (QED) is 0.784. The molecule has 1 aliphatic heterocycles. The molecule has 1 fully saturated rings. The number of nitrogens with zero attached hydrogens (tertiary/aromatic N) is 2. The number of pyridine rings is 1. The Balaban J connectivity index is 1.41. The van der Waals surface area contributed by atoms with Crippen LogP contribution in [-0.2, 0) is 0 Å². The van der Waals surface area contributed by atoms with Crippen LogP contribution in [0.2, 0.25) is 0 Å². The Morgan fingerprint density at radius 2 is 1.82 bits per heavy atom. The molecule has 6 nitrogen and oxygen atoms in total. The zero-order valence-corrected chi connectivity index (χ0v) is 16.6. The summed E-state index contributed by atoms with van der Waals surface area (Å²) in [6, 6.07) is 13.3. The van der Waals surface area contributed by atoms with Gasteiger partial charge >= 0.3 is 0 Å². The van der Waals surface area contributed by atoms with Gasteiger partial charge in [0.2, 0.25) is 0 Å². The van der Waals surface area contributed by atoms with Gasteiger partial charge in [-0.15, -0.1) is 0 Å². The Labute approximate surface area is 166 Å². The van der Waals surface area contributed by atoms with Crippen LogP contribution in [0, 0.1) is 0 Å². The SMILES string of the molecule is CC(C)c1ccc(C(=O)N2CC[NH+](CCNC(=O)c3ccccn3)CC2)cc1. The van der Waals surface area contributed by atoms with Gasteiger partial charge < -0.3 is 15.1 Å². The fourth-order valence-corrected chi connectivity index (χ4v) is 3.41. The Hall–Kier alpha value is -2.73. The Bertz CT molecular complexity index is 782. The molecule has 0 spiro atoms. The molecule has 28 heavy (non-hydrogen) atoms. The molecule has 0 bridgehead atoms. The van der Waals surface area contributed by atoms with E-state index >= 15 is 0 Å². The van der Waals surface area contributed by atoms with Crippen LogP contribution in [0.5, 0.6) is 0 Å². The van der Waals surface area contributed by atoms with Crippen molar-refractivity contribution in [3.05, 3.63) is 65.5 Å². The zero-order chi connectivity index (χ0) is 19.9. The lowest BCUT2D eigenvalue weighted by Crippen LogP contribution is -3.15. The fraction of sp³-hybridized carbons (Fsp3) is 0.409. The summed E-state index contributed by atoms with van der Waals surface area (Å²) in [6.45, 7) is 9.04. The summed E-state index contributed by atoms with van der Waals surface area (Å²) < 4.78 is 0. The lowest BCUT2D eigenvalue weighted by atomic mass is 10.0. The number of rotatable bonds is 6. The monoisotopic (exact) mass is 381 g/mol. The topological polar surface area (TPSA) is 66.7 Å². The van der Waals surface area contributed by atoms with Gasteiger partial charge in [-0.25, -0.2) is 0 Å². The van der Waals surface area contributed by atoms with Crippen LogP contribution in [0.4, 0.5) is 0 Å². The minimum Gasteiger partial charge on any atom is -0.345 e. The molecule has 0 unspecified atom stereocenters. The number of nitrogens with one attached hydrogen (secondary N) is 2. The van der Waals surface area contributed by atoms with Crippen LogP contribution in [0.1, 0.15) is 46.2 Å². The summed E-state index contributed by atoms with van der Waals surface area (Å²) in [5.74, 6) is 0.436. The zero-order valence-electron chi connectivity index (χ0n) is 16.6. The molecule has 2 N–H and O–H groups in total. The lowest BCUT2D eigenvalue weighted by Gasteiger charge is -2.32. The summed E-state index contributed by atoms with van der Waals surface area (Å²) in [5.41, 5.74) is 2.45. The number of carbonyl (C=O) groups is 2. The number of benzene rings is 1. The maximum absolute atomic E-state index is 12.7. The third-order valence-electron chi connectivity index (χ3n) is 5.24. The summed E-state index contributed by atoms with van der Waals surface area (Å²) >= 11 is 0. The normalized spacial score (nSPS) is 14.9. The van der Waals surface area contributed by atoms with Gasteiger partial charge in [-0.1, -0.05) is 32.0 Å². The van der Waals surface area contributed by atoms with E-state index in [4.69, 9.17) is 0 Å². The number of hydrogen-bond donors (Lipinski definition) is 2. The first-order chi connectivity index (χ1) is 13.5. The van der Waals surface area contributed by atoms with Crippen molar-refractivity contribution in [2.75, 3.05) is 39.3 Å². The number of hydrogen-bond acceptors (Lipinski definition) is 3. The van der Waals surface area contributed by atoms with Crippen molar-refractivity contribution in [2.24, 2.45) is 0 Å². The van der Waals surface area contributed by atoms with Gasteiger partial charge in [0.25, 0.3) is 11.8 Å². The number of amides is 2. The molecule has 0 atom stereocenters. The van der Waals surface area contributed by atoms with Crippen LogP contribution < -0.4 is 10.2 Å². The average molecular weight is 382 g/mol. The average Bonchev–Trinajstić information content (AvgIpc) is 2.74. The van der Waals surface area contributed by atoms with Crippen molar-refractivity contribution in [2.45, 2.75) is 19.8 Å². The fourth-order valence-electron chi connectivity index (χ4n) is 3.41. The second kappa shape index (κ2) is 9.46. The predicted octanol–water partition coefficient (Wildman–Crippen LogP) is 0.976. The first-order valence-corrected chi connectivity index (χ1v) is 9.96. The first-order valence-electron chi connectivity index (χ1n) is 9.96. The standard InChI is InChI=1S/C22H28N4O2/c1-17(2)18-6-8-19(9-7-18)22(28)26-15-13-25(14-16-26)12-11-24-21(27)20-5-3-4-10-23-20/h3-10,17H,11-16H2,1-2H3,(H,24,27)/p+1. The second-order valence-electron chi connectivity index (χ2n) is 7.54. The van der Waals surface area contributed by atoms with E-state index in [1.807, 2.05) is 29.2 Å². The van der Waals surface area contributed by atoms with E-state index in [2.05, 4.69) is 24.1 Å². The van der Waals surface area contributed by atoms with Crippen molar-refractivity contribution < 1.29 is 14.5 Å². The predicted molar refractivity (Wildman–Crippen MR) is 109 cm³/mol. The van der Waals surface area contributed by atoms with Gasteiger partial charge in [-0.2, -0.15) is 0 Å². The van der Waals surface area contributed by atoms with Crippen molar-refractivity contribution in [3.8, 4) is 0 Å². The molecule has 1 aromatic carbocycles. The second-order valence-corrected chi connectivity index (χ2v) is 7.54. The Kier molecular flexibility index (Phi) is 6.76. The number of aromatic nitrogens is 1. The van der Waals surface area contributed by atoms with Crippen LogP contribution >= 0.6 is 0 Å². The molecule has 3 rings (SSSR count). The highest BCUT2D eigenvalue weighted by Crippen LogP contribution is 2.15. The summed E-state index contributed by atoms with van der Waals surface area (Å²) in [7, 11) is 0. The third kappa shape index (κ3) is 5.16. The molecule has 0 saturated carbocycles. The van der Waals surface area contributed by atoms with E-state index < -0.39 is 0 Å². The van der Waals surface area contributed by atoms with Gasteiger partial charge in [0.05, 0.1) is 39.3 Å². The third-order valence-corrected chi connectivity index (χ3v) is 5.24. The molecule has 1 aromatic heterocycles. The number of piperazine rings is 1. The molecule has 148 valence electrons. The molecule has 2 amide bonds. The van der Waals surface area contributed by atoms with E-state index in [-0.39, 0.29) is 11.8 Å². The minimum atomic E-state index is -0.140. The summed E-state index contributed by atoms with van der Waals surface area (Å²) in [4.78, 5) is 32.1. The van der Waals surface area contributed by atoms with E-state index in [9.17, 15) is 9.59 Å². The van der Waals surface area contributed by atoms with Crippen molar-refractivity contribution in [1.29, 1.82) is 0 Å². The van der Waals surface area contributed by atoms with Crippen LogP contribution in [0.25, 0.3) is 0 Å². The van der Waals surface area contributed by atoms with Crippen molar-refractivity contribution >= 4 is 11.8 Å². The Morgan fingerprint density at radius 3 is 2.43 bits per heavy atom. The molecule has 1 saturated heterocycles. The maximum Gasteiger partial charge on any atom is 0.270 e. The van der Waals surface area contributed by atoms with E-state index in [1.54, 1.807) is 24.4 Å². The highest BCUT2D eigenvalue weighted by molar-refractivity contribution is 5.94. The molecule has 0 radical (unpaired) electrons. The lowest BCUT2D eigenvalue weighted by molar-refractivity contribution is -0.902. The minimum absolute atomic E-state index is 0.109. The molecule has 2 aromatic rings. The Morgan fingerprint density at radius 1 is 1.11 bits per heavy atom. The summed E-state index contributed by atoms with van der Waals surface area (Å²) in [5, 5.41) is 2.92. The molecular weight excluding hydrogens is 352 g/mol. The van der Waals surface area contributed by atoms with E-state index in [1.165, 1.54) is 10.5 Å². The van der Waals surface area contributed by atoms with Crippen LogP contribution in [0.15, 0.2) is 48.7 Å². The molecule has 6 heteroatoms. The van der Waals surface area contributed by atoms with Gasteiger partial charge in [-0.05, 0) is 35.7 Å².